The van der Waals surface area contributed by atoms with Crippen LogP contribution in [-0.4, -0.2) is 13.1 Å². The van der Waals surface area contributed by atoms with Crippen LogP contribution in [0.5, 0.6) is 0 Å². The highest BCUT2D eigenvalue weighted by molar-refractivity contribution is 5.69. The van der Waals surface area contributed by atoms with E-state index in [0.717, 1.165) is 6.42 Å². The molecule has 1 rings (SSSR count). The molecule has 0 saturated heterocycles. The number of aryl methyl sites for hydroxylation is 3. The number of esters is 1. The smallest absolute Gasteiger partial charge is 0.305 e. The molecule has 15 heavy (non-hydrogen) atoms. The predicted octanol–water partition coefficient (Wildman–Crippen LogP) is 2.72. The molecule has 1 aromatic rings. The zero-order valence-electron chi connectivity index (χ0n) is 9.89. The Morgan fingerprint density at radius 2 is 1.73 bits per heavy atom. The summed E-state index contributed by atoms with van der Waals surface area (Å²) in [6.07, 6.45) is 1.23. The molecule has 0 saturated carbocycles. The third-order valence-corrected chi connectivity index (χ3v) is 2.65. The van der Waals surface area contributed by atoms with E-state index < -0.39 is 0 Å². The van der Waals surface area contributed by atoms with Gasteiger partial charge in [0.1, 0.15) is 0 Å². The monoisotopic (exact) mass is 206 g/mol. The summed E-state index contributed by atoms with van der Waals surface area (Å²) < 4.78 is 4.64. The molecule has 0 atom stereocenters. The Labute approximate surface area is 91.3 Å². The van der Waals surface area contributed by atoms with Crippen LogP contribution in [0.1, 0.15) is 28.7 Å². The van der Waals surface area contributed by atoms with E-state index in [1.165, 1.54) is 29.4 Å². The van der Waals surface area contributed by atoms with Crippen molar-refractivity contribution in [2.45, 2.75) is 33.6 Å². The number of hydrogen-bond donors (Lipinski definition) is 0. The molecule has 0 unspecified atom stereocenters. The summed E-state index contributed by atoms with van der Waals surface area (Å²) in [6, 6.07) is 4.30. The van der Waals surface area contributed by atoms with Crippen molar-refractivity contribution in [2.75, 3.05) is 7.11 Å². The third kappa shape index (κ3) is 3.08. The number of benzene rings is 1. The van der Waals surface area contributed by atoms with Gasteiger partial charge < -0.3 is 4.74 Å². The Kier molecular flexibility index (Phi) is 3.89. The minimum absolute atomic E-state index is 0.144. The second-order valence-electron chi connectivity index (χ2n) is 3.95. The van der Waals surface area contributed by atoms with Gasteiger partial charge in [-0.2, -0.15) is 0 Å². The highest BCUT2D eigenvalue weighted by Crippen LogP contribution is 2.18. The van der Waals surface area contributed by atoms with Gasteiger partial charge in [-0.05, 0) is 43.9 Å². The van der Waals surface area contributed by atoms with E-state index in [4.69, 9.17) is 0 Å². The van der Waals surface area contributed by atoms with Gasteiger partial charge in [-0.15, -0.1) is 0 Å². The molecule has 0 fully saturated rings. The lowest BCUT2D eigenvalue weighted by Gasteiger charge is -2.10. The zero-order chi connectivity index (χ0) is 11.4. The van der Waals surface area contributed by atoms with Crippen molar-refractivity contribution in [2.24, 2.45) is 0 Å². The van der Waals surface area contributed by atoms with Crippen LogP contribution in [0.4, 0.5) is 0 Å². The lowest BCUT2D eigenvalue weighted by molar-refractivity contribution is -0.140. The molecule has 0 spiro atoms. The Morgan fingerprint density at radius 3 is 2.20 bits per heavy atom. The Bertz CT molecular complexity index is 344. The first-order valence-electron chi connectivity index (χ1n) is 5.18. The number of carbonyl (C=O) groups excluding carboxylic acids is 1. The summed E-state index contributed by atoms with van der Waals surface area (Å²) in [5.74, 6) is -0.144. The van der Waals surface area contributed by atoms with Crippen molar-refractivity contribution in [1.82, 2.24) is 0 Å². The molecular weight excluding hydrogens is 188 g/mol. The predicted molar refractivity (Wildman–Crippen MR) is 61.0 cm³/mol. The molecule has 82 valence electrons. The van der Waals surface area contributed by atoms with Crippen LogP contribution in [0.2, 0.25) is 0 Å². The van der Waals surface area contributed by atoms with Crippen LogP contribution in [0.25, 0.3) is 0 Å². The number of ether oxygens (including phenoxy) is 1. The molecule has 0 amide bonds. The van der Waals surface area contributed by atoms with Gasteiger partial charge in [-0.1, -0.05) is 17.7 Å². The Morgan fingerprint density at radius 1 is 1.20 bits per heavy atom. The molecule has 2 heteroatoms. The molecule has 0 bridgehead atoms. The van der Waals surface area contributed by atoms with Gasteiger partial charge in [0, 0.05) is 6.42 Å². The fraction of sp³-hybridized carbons (Fsp3) is 0.462. The second kappa shape index (κ2) is 4.96. The quantitative estimate of drug-likeness (QED) is 0.711. The van der Waals surface area contributed by atoms with Crippen LogP contribution in [0.15, 0.2) is 12.1 Å². The lowest BCUT2D eigenvalue weighted by Crippen LogP contribution is -2.04. The third-order valence-electron chi connectivity index (χ3n) is 2.65. The molecule has 0 aromatic heterocycles. The van der Waals surface area contributed by atoms with E-state index >= 15 is 0 Å². The van der Waals surface area contributed by atoms with Gasteiger partial charge in [-0.3, -0.25) is 4.79 Å². The summed E-state index contributed by atoms with van der Waals surface area (Å²) in [4.78, 5) is 11.1. The van der Waals surface area contributed by atoms with Crippen LogP contribution < -0.4 is 0 Å². The van der Waals surface area contributed by atoms with E-state index in [1.54, 1.807) is 0 Å². The normalized spacial score (nSPS) is 10.1. The van der Waals surface area contributed by atoms with Gasteiger partial charge >= 0.3 is 5.97 Å². The van der Waals surface area contributed by atoms with Crippen molar-refractivity contribution < 1.29 is 9.53 Å². The first-order chi connectivity index (χ1) is 7.04. The molecule has 0 radical (unpaired) electrons. The molecule has 0 heterocycles. The molecule has 0 aliphatic heterocycles. The number of rotatable bonds is 3. The van der Waals surface area contributed by atoms with Gasteiger partial charge in [0.25, 0.3) is 0 Å². The molecule has 1 aromatic carbocycles. The lowest BCUT2D eigenvalue weighted by atomic mass is 9.96. The van der Waals surface area contributed by atoms with Crippen molar-refractivity contribution in [1.29, 1.82) is 0 Å². The minimum Gasteiger partial charge on any atom is -0.469 e. The van der Waals surface area contributed by atoms with Crippen molar-refractivity contribution in [3.05, 3.63) is 34.4 Å². The van der Waals surface area contributed by atoms with Crippen molar-refractivity contribution >= 4 is 5.97 Å². The maximum absolute atomic E-state index is 11.1. The average molecular weight is 206 g/mol. The standard InChI is InChI=1S/C13H18O2/c1-9-7-10(2)12(11(3)8-9)5-6-13(14)15-4/h7-8H,5-6H2,1-4H3. The second-order valence-corrected chi connectivity index (χ2v) is 3.95. The maximum Gasteiger partial charge on any atom is 0.305 e. The summed E-state index contributed by atoms with van der Waals surface area (Å²) >= 11 is 0. The average Bonchev–Trinajstić information content (AvgIpc) is 2.15. The van der Waals surface area contributed by atoms with Crippen LogP contribution in [0.3, 0.4) is 0 Å². The van der Waals surface area contributed by atoms with E-state index in [2.05, 4.69) is 37.6 Å². The molecule has 2 nitrogen and oxygen atoms in total. The largest absolute Gasteiger partial charge is 0.469 e. The topological polar surface area (TPSA) is 26.3 Å². The molecule has 0 aliphatic rings. The van der Waals surface area contributed by atoms with Crippen molar-refractivity contribution in [3.63, 3.8) is 0 Å². The van der Waals surface area contributed by atoms with Gasteiger partial charge in [0.2, 0.25) is 0 Å². The Balaban J connectivity index is 2.81. The van der Waals surface area contributed by atoms with E-state index in [-0.39, 0.29) is 5.97 Å². The number of methoxy groups -OCH3 is 1. The van der Waals surface area contributed by atoms with Gasteiger partial charge in [0.05, 0.1) is 7.11 Å². The van der Waals surface area contributed by atoms with E-state index in [0.29, 0.717) is 6.42 Å². The molecule has 0 N–H and O–H groups in total. The fourth-order valence-corrected chi connectivity index (χ4v) is 1.93. The zero-order valence-corrected chi connectivity index (χ0v) is 9.89. The van der Waals surface area contributed by atoms with E-state index in [9.17, 15) is 4.79 Å². The summed E-state index contributed by atoms with van der Waals surface area (Å²) in [6.45, 7) is 6.27. The molecule has 0 aliphatic carbocycles. The van der Waals surface area contributed by atoms with Crippen LogP contribution in [-0.2, 0) is 16.0 Å². The minimum atomic E-state index is -0.144. The highest BCUT2D eigenvalue weighted by Gasteiger charge is 2.07. The number of hydrogen-bond acceptors (Lipinski definition) is 2. The molecular formula is C13H18O2. The maximum atomic E-state index is 11.1. The number of carbonyl (C=O) groups is 1. The van der Waals surface area contributed by atoms with Gasteiger partial charge in [-0.25, -0.2) is 0 Å². The van der Waals surface area contributed by atoms with Crippen LogP contribution >= 0.6 is 0 Å². The van der Waals surface area contributed by atoms with E-state index in [1.807, 2.05) is 0 Å². The first-order valence-corrected chi connectivity index (χ1v) is 5.18. The summed E-state index contributed by atoms with van der Waals surface area (Å²) in [7, 11) is 1.43. The first kappa shape index (κ1) is 11.8. The summed E-state index contributed by atoms with van der Waals surface area (Å²) in [5.41, 5.74) is 5.06. The fourth-order valence-electron chi connectivity index (χ4n) is 1.93. The van der Waals surface area contributed by atoms with Crippen LogP contribution in [0, 0.1) is 20.8 Å². The SMILES string of the molecule is COC(=O)CCc1c(C)cc(C)cc1C. The van der Waals surface area contributed by atoms with Gasteiger partial charge in [0.15, 0.2) is 0 Å². The summed E-state index contributed by atoms with van der Waals surface area (Å²) in [5, 5.41) is 0. The highest BCUT2D eigenvalue weighted by atomic mass is 16.5. The van der Waals surface area contributed by atoms with Crippen molar-refractivity contribution in [3.8, 4) is 0 Å². The Hall–Kier alpha value is -1.31.